The van der Waals surface area contributed by atoms with Crippen molar-refractivity contribution in [1.29, 1.82) is 0 Å². The van der Waals surface area contributed by atoms with Crippen molar-refractivity contribution in [2.45, 2.75) is 20.0 Å². The van der Waals surface area contributed by atoms with Crippen LogP contribution in [0, 0.1) is 0 Å². The Kier molecular flexibility index (Phi) is 4.42. The summed E-state index contributed by atoms with van der Waals surface area (Å²) in [4.78, 5) is 33.3. The van der Waals surface area contributed by atoms with Gasteiger partial charge in [-0.25, -0.2) is 4.79 Å². The first-order chi connectivity index (χ1) is 8.40. The summed E-state index contributed by atoms with van der Waals surface area (Å²) in [6, 6.07) is 6.20. The monoisotopic (exact) mass is 250 g/mol. The molecule has 1 atom stereocenters. The lowest BCUT2D eigenvalue weighted by atomic mass is 10.2. The molecule has 0 saturated carbocycles. The molecule has 3 N–H and O–H groups in total. The maximum absolute atomic E-state index is 11.7. The highest BCUT2D eigenvalue weighted by molar-refractivity contribution is 5.94. The highest BCUT2D eigenvalue weighted by Crippen LogP contribution is 2.12. The Morgan fingerprint density at radius 1 is 1.33 bits per heavy atom. The van der Waals surface area contributed by atoms with Gasteiger partial charge in [0.05, 0.1) is 5.56 Å². The van der Waals surface area contributed by atoms with E-state index < -0.39 is 18.0 Å². The number of ether oxygens (including phenoxy) is 1. The molecular formula is C12H14N2O4. The lowest BCUT2D eigenvalue weighted by Gasteiger charge is -2.10. The van der Waals surface area contributed by atoms with Crippen LogP contribution >= 0.6 is 0 Å². The number of rotatable bonds is 4. The van der Waals surface area contributed by atoms with E-state index in [2.05, 4.69) is 5.32 Å². The summed E-state index contributed by atoms with van der Waals surface area (Å²) >= 11 is 0. The third kappa shape index (κ3) is 3.89. The smallest absolute Gasteiger partial charge is 0.338 e. The van der Waals surface area contributed by atoms with Crippen LogP contribution in [-0.2, 0) is 14.3 Å². The third-order valence-electron chi connectivity index (χ3n) is 2.10. The van der Waals surface area contributed by atoms with E-state index in [1.165, 1.54) is 26.0 Å². The van der Waals surface area contributed by atoms with Crippen LogP contribution in [0.4, 0.5) is 5.69 Å². The van der Waals surface area contributed by atoms with Crippen molar-refractivity contribution in [3.63, 3.8) is 0 Å². The van der Waals surface area contributed by atoms with Gasteiger partial charge in [0.15, 0.2) is 6.10 Å². The van der Waals surface area contributed by atoms with E-state index in [0.29, 0.717) is 5.69 Å². The number of hydrogen-bond donors (Lipinski definition) is 2. The Bertz CT molecular complexity index is 485. The van der Waals surface area contributed by atoms with Gasteiger partial charge >= 0.3 is 5.97 Å². The number of carbonyl (C=O) groups is 3. The Labute approximate surface area is 104 Å². The summed E-state index contributed by atoms with van der Waals surface area (Å²) < 4.78 is 4.83. The van der Waals surface area contributed by atoms with E-state index >= 15 is 0 Å². The van der Waals surface area contributed by atoms with Gasteiger partial charge in [-0.2, -0.15) is 0 Å². The molecule has 0 aromatic heterocycles. The summed E-state index contributed by atoms with van der Waals surface area (Å²) in [7, 11) is 0. The molecule has 0 heterocycles. The van der Waals surface area contributed by atoms with Gasteiger partial charge in [-0.3, -0.25) is 9.59 Å². The molecule has 0 radical (unpaired) electrons. The summed E-state index contributed by atoms with van der Waals surface area (Å²) in [5.41, 5.74) is 5.69. The molecule has 96 valence electrons. The van der Waals surface area contributed by atoms with Gasteiger partial charge in [-0.15, -0.1) is 0 Å². The second-order valence-corrected chi connectivity index (χ2v) is 3.71. The fourth-order valence-corrected chi connectivity index (χ4v) is 1.21. The van der Waals surface area contributed by atoms with Gasteiger partial charge in [-0.05, 0) is 25.1 Å². The number of anilines is 1. The first kappa shape index (κ1) is 13.7. The third-order valence-corrected chi connectivity index (χ3v) is 2.10. The van der Waals surface area contributed by atoms with E-state index in [4.69, 9.17) is 10.5 Å². The molecule has 6 heteroatoms. The van der Waals surface area contributed by atoms with Gasteiger partial charge in [-0.1, -0.05) is 6.07 Å². The number of primary amides is 1. The molecule has 0 aliphatic rings. The van der Waals surface area contributed by atoms with Gasteiger partial charge < -0.3 is 15.8 Å². The quantitative estimate of drug-likeness (QED) is 0.767. The topological polar surface area (TPSA) is 98.5 Å². The van der Waals surface area contributed by atoms with Crippen LogP contribution < -0.4 is 11.1 Å². The van der Waals surface area contributed by atoms with E-state index in [1.54, 1.807) is 12.1 Å². The molecule has 2 amide bonds. The van der Waals surface area contributed by atoms with Crippen molar-refractivity contribution in [2.24, 2.45) is 5.73 Å². The van der Waals surface area contributed by atoms with E-state index in [0.717, 1.165) is 0 Å². The average Bonchev–Trinajstić information content (AvgIpc) is 2.28. The maximum Gasteiger partial charge on any atom is 0.338 e. The lowest BCUT2D eigenvalue weighted by Crippen LogP contribution is -2.30. The molecular weight excluding hydrogens is 236 g/mol. The van der Waals surface area contributed by atoms with E-state index in [1.807, 2.05) is 0 Å². The standard InChI is InChI=1S/C12H14N2O4/c1-7(11(13)16)18-12(17)9-4-3-5-10(6-9)14-8(2)15/h3-7H,1-2H3,(H2,13,16)(H,14,15)/t7-/m0/s1. The summed E-state index contributed by atoms with van der Waals surface area (Å²) in [5.74, 6) is -1.64. The van der Waals surface area contributed by atoms with Crippen molar-refractivity contribution in [1.82, 2.24) is 0 Å². The van der Waals surface area contributed by atoms with Gasteiger partial charge in [0.2, 0.25) is 5.91 Å². The zero-order chi connectivity index (χ0) is 13.7. The van der Waals surface area contributed by atoms with Crippen LogP contribution in [0.2, 0.25) is 0 Å². The van der Waals surface area contributed by atoms with Gasteiger partial charge in [0.25, 0.3) is 5.91 Å². The molecule has 1 aromatic rings. The van der Waals surface area contributed by atoms with Crippen LogP contribution in [-0.4, -0.2) is 23.9 Å². The second kappa shape index (κ2) is 5.81. The predicted molar refractivity (Wildman–Crippen MR) is 64.8 cm³/mol. The minimum atomic E-state index is -0.998. The normalized spacial score (nSPS) is 11.4. The fourth-order valence-electron chi connectivity index (χ4n) is 1.21. The summed E-state index contributed by atoms with van der Waals surface area (Å²) in [6.45, 7) is 2.75. The molecule has 0 fully saturated rings. The number of carbonyl (C=O) groups excluding carboxylic acids is 3. The number of hydrogen-bond acceptors (Lipinski definition) is 4. The van der Waals surface area contributed by atoms with Gasteiger partial charge in [0.1, 0.15) is 0 Å². The number of nitrogens with two attached hydrogens (primary N) is 1. The maximum atomic E-state index is 11.7. The average molecular weight is 250 g/mol. The summed E-state index contributed by atoms with van der Waals surface area (Å²) in [5, 5.41) is 2.54. The minimum Gasteiger partial charge on any atom is -0.449 e. The zero-order valence-corrected chi connectivity index (χ0v) is 10.1. The minimum absolute atomic E-state index is 0.231. The second-order valence-electron chi connectivity index (χ2n) is 3.71. The Balaban J connectivity index is 2.80. The Hall–Kier alpha value is -2.37. The lowest BCUT2D eigenvalue weighted by molar-refractivity contribution is -0.125. The van der Waals surface area contributed by atoms with Crippen molar-refractivity contribution in [3.8, 4) is 0 Å². The molecule has 18 heavy (non-hydrogen) atoms. The zero-order valence-electron chi connectivity index (χ0n) is 10.1. The van der Waals surface area contributed by atoms with Crippen LogP contribution in [0.25, 0.3) is 0 Å². The molecule has 0 aliphatic heterocycles. The molecule has 6 nitrogen and oxygen atoms in total. The molecule has 1 rings (SSSR count). The number of benzene rings is 1. The first-order valence-corrected chi connectivity index (χ1v) is 5.28. The van der Waals surface area contributed by atoms with Crippen molar-refractivity contribution in [3.05, 3.63) is 29.8 Å². The largest absolute Gasteiger partial charge is 0.449 e. The van der Waals surface area contributed by atoms with E-state index in [-0.39, 0.29) is 11.5 Å². The van der Waals surface area contributed by atoms with Crippen molar-refractivity contribution in [2.75, 3.05) is 5.32 Å². The molecule has 0 unspecified atom stereocenters. The SMILES string of the molecule is CC(=O)Nc1cccc(C(=O)O[C@@H](C)C(N)=O)c1. The van der Waals surface area contributed by atoms with Crippen LogP contribution in [0.3, 0.4) is 0 Å². The van der Waals surface area contributed by atoms with Crippen molar-refractivity contribution >= 4 is 23.5 Å². The molecule has 0 spiro atoms. The molecule has 0 bridgehead atoms. The van der Waals surface area contributed by atoms with Crippen LogP contribution in [0.5, 0.6) is 0 Å². The van der Waals surface area contributed by atoms with Crippen LogP contribution in [0.15, 0.2) is 24.3 Å². The highest BCUT2D eigenvalue weighted by Gasteiger charge is 2.16. The predicted octanol–water partition coefficient (Wildman–Crippen LogP) is 0.676. The van der Waals surface area contributed by atoms with Crippen LogP contribution in [0.1, 0.15) is 24.2 Å². The first-order valence-electron chi connectivity index (χ1n) is 5.28. The number of amides is 2. The molecule has 0 aliphatic carbocycles. The fraction of sp³-hybridized carbons (Fsp3) is 0.250. The Morgan fingerprint density at radius 2 is 2.00 bits per heavy atom. The summed E-state index contributed by atoms with van der Waals surface area (Å²) in [6.07, 6.45) is -0.998. The number of esters is 1. The molecule has 1 aromatic carbocycles. The molecule has 0 saturated heterocycles. The van der Waals surface area contributed by atoms with Crippen molar-refractivity contribution < 1.29 is 19.1 Å². The number of nitrogens with one attached hydrogen (secondary N) is 1. The highest BCUT2D eigenvalue weighted by atomic mass is 16.5. The Morgan fingerprint density at radius 3 is 2.56 bits per heavy atom. The van der Waals surface area contributed by atoms with Gasteiger partial charge in [0, 0.05) is 12.6 Å². The van der Waals surface area contributed by atoms with E-state index in [9.17, 15) is 14.4 Å².